The molecule has 0 aliphatic rings. The van der Waals surface area contributed by atoms with Crippen LogP contribution in [0.15, 0.2) is 29.0 Å². The summed E-state index contributed by atoms with van der Waals surface area (Å²) in [6, 6.07) is 4.83. The van der Waals surface area contributed by atoms with Crippen molar-refractivity contribution in [3.63, 3.8) is 0 Å². The maximum Gasteiger partial charge on any atom is 0.150 e. The highest BCUT2D eigenvalue weighted by molar-refractivity contribution is 9.10. The fourth-order valence-electron chi connectivity index (χ4n) is 1.56. The Morgan fingerprint density at radius 3 is 2.95 bits per heavy atom. The molecule has 0 aliphatic carbocycles. The van der Waals surface area contributed by atoms with E-state index in [2.05, 4.69) is 31.2 Å². The van der Waals surface area contributed by atoms with E-state index in [9.17, 15) is 4.39 Å². The Balaban J connectivity index is 2.00. The molecule has 0 unspecified atom stereocenters. The van der Waals surface area contributed by atoms with E-state index in [1.807, 2.05) is 0 Å². The molecule has 1 aromatic heterocycles. The minimum absolute atomic E-state index is 0.216. The third-order valence-electron chi connectivity index (χ3n) is 2.51. The molecule has 0 fully saturated rings. The van der Waals surface area contributed by atoms with Crippen LogP contribution >= 0.6 is 27.5 Å². The Morgan fingerprint density at radius 2 is 2.16 bits per heavy atom. The van der Waals surface area contributed by atoms with Gasteiger partial charge < -0.3 is 11.1 Å². The largest absolute Gasteiger partial charge is 0.382 e. The lowest BCUT2D eigenvalue weighted by atomic mass is 10.1. The number of nitrogens with two attached hydrogens (primary N) is 1. The van der Waals surface area contributed by atoms with Crippen molar-refractivity contribution in [2.75, 3.05) is 17.6 Å². The summed E-state index contributed by atoms with van der Waals surface area (Å²) in [5, 5.41) is 3.28. The SMILES string of the molecule is Nc1ncnc(NCCc2cc(Br)ccc2F)c1Cl. The molecule has 0 amide bonds. The van der Waals surface area contributed by atoms with Crippen LogP contribution in [0.1, 0.15) is 5.56 Å². The normalized spacial score (nSPS) is 10.5. The van der Waals surface area contributed by atoms with Crippen molar-refractivity contribution in [2.45, 2.75) is 6.42 Å². The molecule has 1 heterocycles. The third-order valence-corrected chi connectivity index (χ3v) is 3.38. The number of hydrogen-bond acceptors (Lipinski definition) is 4. The Bertz CT molecular complexity index is 592. The Kier molecular flexibility index (Phi) is 4.55. The molecule has 0 saturated carbocycles. The standard InChI is InChI=1S/C12H11BrClFN4/c13-8-1-2-9(15)7(5-8)3-4-17-12-10(14)11(16)18-6-19-12/h1-2,5-6H,3-4H2,(H3,16,17,18,19). The van der Waals surface area contributed by atoms with Gasteiger partial charge in [0.1, 0.15) is 28.8 Å². The minimum atomic E-state index is -0.238. The van der Waals surface area contributed by atoms with Gasteiger partial charge in [0.2, 0.25) is 0 Å². The van der Waals surface area contributed by atoms with Gasteiger partial charge in [0.25, 0.3) is 0 Å². The van der Waals surface area contributed by atoms with Gasteiger partial charge in [0.05, 0.1) is 0 Å². The second-order valence-corrected chi connectivity index (χ2v) is 5.13. The number of rotatable bonds is 4. The van der Waals surface area contributed by atoms with Crippen molar-refractivity contribution in [3.05, 3.63) is 45.4 Å². The van der Waals surface area contributed by atoms with E-state index in [-0.39, 0.29) is 16.7 Å². The smallest absolute Gasteiger partial charge is 0.150 e. The lowest BCUT2D eigenvalue weighted by Gasteiger charge is -2.08. The van der Waals surface area contributed by atoms with Gasteiger partial charge in [-0.05, 0) is 30.2 Å². The van der Waals surface area contributed by atoms with Crippen molar-refractivity contribution in [2.24, 2.45) is 0 Å². The van der Waals surface area contributed by atoms with Crippen LogP contribution in [0.2, 0.25) is 5.02 Å². The zero-order chi connectivity index (χ0) is 13.8. The summed E-state index contributed by atoms with van der Waals surface area (Å²) in [6.07, 6.45) is 1.83. The van der Waals surface area contributed by atoms with Gasteiger partial charge in [-0.1, -0.05) is 27.5 Å². The van der Waals surface area contributed by atoms with Crippen LogP contribution in [0.25, 0.3) is 0 Å². The summed E-state index contributed by atoms with van der Waals surface area (Å²) in [4.78, 5) is 7.73. The van der Waals surface area contributed by atoms with E-state index >= 15 is 0 Å². The first-order chi connectivity index (χ1) is 9.08. The molecule has 0 spiro atoms. The predicted molar refractivity (Wildman–Crippen MR) is 77.7 cm³/mol. The van der Waals surface area contributed by atoms with Crippen molar-refractivity contribution in [1.82, 2.24) is 9.97 Å². The minimum Gasteiger partial charge on any atom is -0.382 e. The van der Waals surface area contributed by atoms with Gasteiger partial charge in [-0.2, -0.15) is 0 Å². The third kappa shape index (κ3) is 3.54. The van der Waals surface area contributed by atoms with E-state index in [1.54, 1.807) is 12.1 Å². The molecule has 0 atom stereocenters. The first kappa shape index (κ1) is 14.0. The van der Waals surface area contributed by atoms with Crippen LogP contribution in [-0.4, -0.2) is 16.5 Å². The van der Waals surface area contributed by atoms with Crippen LogP contribution in [0.5, 0.6) is 0 Å². The highest BCUT2D eigenvalue weighted by Crippen LogP contribution is 2.23. The fourth-order valence-corrected chi connectivity index (χ4v) is 2.13. The number of nitrogens with zero attached hydrogens (tertiary/aromatic N) is 2. The number of benzene rings is 1. The zero-order valence-electron chi connectivity index (χ0n) is 9.83. The number of nitrogens with one attached hydrogen (secondary N) is 1. The van der Waals surface area contributed by atoms with Crippen LogP contribution in [-0.2, 0) is 6.42 Å². The molecule has 19 heavy (non-hydrogen) atoms. The second-order valence-electron chi connectivity index (χ2n) is 3.83. The molecule has 2 aromatic rings. The number of nitrogen functional groups attached to an aromatic ring is 1. The summed E-state index contributed by atoms with van der Waals surface area (Å²) >= 11 is 9.25. The molecule has 7 heteroatoms. The summed E-state index contributed by atoms with van der Waals surface area (Å²) in [7, 11) is 0. The first-order valence-corrected chi connectivity index (χ1v) is 6.69. The molecule has 4 nitrogen and oxygen atoms in total. The monoisotopic (exact) mass is 344 g/mol. The lowest BCUT2D eigenvalue weighted by Crippen LogP contribution is -2.09. The van der Waals surface area contributed by atoms with Gasteiger partial charge in [-0.15, -0.1) is 0 Å². The number of anilines is 2. The molecule has 3 N–H and O–H groups in total. The van der Waals surface area contributed by atoms with Crippen LogP contribution in [0.3, 0.4) is 0 Å². The van der Waals surface area contributed by atoms with Gasteiger partial charge in [-0.25, -0.2) is 14.4 Å². The Morgan fingerprint density at radius 1 is 1.37 bits per heavy atom. The molecule has 0 radical (unpaired) electrons. The van der Waals surface area contributed by atoms with Crippen LogP contribution in [0, 0.1) is 5.82 Å². The molecular weight excluding hydrogens is 335 g/mol. The highest BCUT2D eigenvalue weighted by atomic mass is 79.9. The average molecular weight is 346 g/mol. The molecule has 2 rings (SSSR count). The summed E-state index contributed by atoms with van der Waals surface area (Å²) in [5.41, 5.74) is 6.17. The number of hydrogen-bond donors (Lipinski definition) is 2. The maximum atomic E-state index is 13.5. The van der Waals surface area contributed by atoms with Gasteiger partial charge in [0.15, 0.2) is 0 Å². The average Bonchev–Trinajstić information content (AvgIpc) is 2.38. The van der Waals surface area contributed by atoms with Crippen molar-refractivity contribution < 1.29 is 4.39 Å². The van der Waals surface area contributed by atoms with Gasteiger partial charge in [-0.3, -0.25) is 0 Å². The zero-order valence-corrected chi connectivity index (χ0v) is 12.2. The lowest BCUT2D eigenvalue weighted by molar-refractivity contribution is 0.610. The van der Waals surface area contributed by atoms with Crippen molar-refractivity contribution >= 4 is 39.2 Å². The summed E-state index contributed by atoms with van der Waals surface area (Å²) in [6.45, 7) is 0.490. The van der Waals surface area contributed by atoms with E-state index < -0.39 is 0 Å². The molecule has 1 aromatic carbocycles. The predicted octanol–water partition coefficient (Wildman–Crippen LogP) is 3.27. The molecule has 0 bridgehead atoms. The number of halogens is 3. The van der Waals surface area contributed by atoms with E-state index in [0.29, 0.717) is 24.3 Å². The highest BCUT2D eigenvalue weighted by Gasteiger charge is 2.07. The summed E-state index contributed by atoms with van der Waals surface area (Å²) in [5.74, 6) is 0.427. The molecule has 0 aliphatic heterocycles. The van der Waals surface area contributed by atoms with Crippen molar-refractivity contribution in [1.29, 1.82) is 0 Å². The maximum absolute atomic E-state index is 13.5. The second kappa shape index (κ2) is 6.16. The van der Waals surface area contributed by atoms with Crippen molar-refractivity contribution in [3.8, 4) is 0 Å². The Labute approximate surface area is 123 Å². The molecule has 100 valence electrons. The van der Waals surface area contributed by atoms with Crippen LogP contribution in [0.4, 0.5) is 16.0 Å². The first-order valence-electron chi connectivity index (χ1n) is 5.51. The number of aromatic nitrogens is 2. The van der Waals surface area contributed by atoms with Gasteiger partial charge >= 0.3 is 0 Å². The topological polar surface area (TPSA) is 63.8 Å². The molecular formula is C12H11BrClFN4. The van der Waals surface area contributed by atoms with Gasteiger partial charge in [0, 0.05) is 11.0 Å². The van der Waals surface area contributed by atoms with Crippen LogP contribution < -0.4 is 11.1 Å². The van der Waals surface area contributed by atoms with E-state index in [0.717, 1.165) is 4.47 Å². The van der Waals surface area contributed by atoms with E-state index in [4.69, 9.17) is 17.3 Å². The quantitative estimate of drug-likeness (QED) is 0.892. The summed E-state index contributed by atoms with van der Waals surface area (Å²) < 4.78 is 14.4. The van der Waals surface area contributed by atoms with E-state index in [1.165, 1.54) is 12.4 Å². The fraction of sp³-hybridized carbons (Fsp3) is 0.167. The molecule has 0 saturated heterocycles. The Hall–Kier alpha value is -1.40.